The van der Waals surface area contributed by atoms with Gasteiger partial charge in [0.15, 0.2) is 11.6 Å². The van der Waals surface area contributed by atoms with Crippen molar-refractivity contribution in [2.75, 3.05) is 35.9 Å². The van der Waals surface area contributed by atoms with Gasteiger partial charge in [-0.1, -0.05) is 12.6 Å². The third kappa shape index (κ3) is 6.52. The van der Waals surface area contributed by atoms with Crippen LogP contribution in [0.1, 0.15) is 13.8 Å². The van der Waals surface area contributed by atoms with E-state index >= 15 is 0 Å². The number of methoxy groups -OCH3 is 1. The van der Waals surface area contributed by atoms with E-state index in [2.05, 4.69) is 27.2 Å². The Hall–Kier alpha value is -3.98. The summed E-state index contributed by atoms with van der Waals surface area (Å²) in [6.45, 7) is 8.38. The van der Waals surface area contributed by atoms with Crippen LogP contribution in [0.5, 0.6) is 5.75 Å². The molecule has 34 heavy (non-hydrogen) atoms. The zero-order valence-electron chi connectivity index (χ0n) is 19.4. The summed E-state index contributed by atoms with van der Waals surface area (Å²) in [5.41, 5.74) is 1.93. The molecular formula is C25H28FN5O3. The minimum absolute atomic E-state index is 0.00369. The second-order valence-corrected chi connectivity index (χ2v) is 7.56. The van der Waals surface area contributed by atoms with Gasteiger partial charge in [0.2, 0.25) is 11.9 Å². The molecule has 3 rings (SSSR count). The number of amides is 1. The van der Waals surface area contributed by atoms with Crippen molar-refractivity contribution in [1.82, 2.24) is 9.97 Å². The van der Waals surface area contributed by atoms with E-state index < -0.39 is 5.82 Å². The highest BCUT2D eigenvalue weighted by molar-refractivity contribution is 5.99. The van der Waals surface area contributed by atoms with Crippen LogP contribution in [0.4, 0.5) is 33.2 Å². The monoisotopic (exact) mass is 465 g/mol. The molecule has 2 N–H and O–H groups in total. The maximum absolute atomic E-state index is 14.6. The lowest BCUT2D eigenvalue weighted by molar-refractivity contribution is -0.111. The zero-order chi connectivity index (χ0) is 24.5. The van der Waals surface area contributed by atoms with Gasteiger partial charge < -0.3 is 25.0 Å². The number of ether oxygens (including phenoxy) is 2. The molecule has 8 nitrogen and oxygen atoms in total. The van der Waals surface area contributed by atoms with Gasteiger partial charge >= 0.3 is 0 Å². The Bertz CT molecular complexity index is 1120. The Morgan fingerprint density at radius 3 is 2.59 bits per heavy atom. The van der Waals surface area contributed by atoms with E-state index in [1.54, 1.807) is 31.4 Å². The first-order chi connectivity index (χ1) is 16.4. The fourth-order valence-electron chi connectivity index (χ4n) is 3.16. The normalized spacial score (nSPS) is 10.6. The molecule has 0 unspecified atom stereocenters. The van der Waals surface area contributed by atoms with Crippen molar-refractivity contribution in [3.05, 3.63) is 73.2 Å². The average Bonchev–Trinajstić information content (AvgIpc) is 2.82. The first-order valence-electron chi connectivity index (χ1n) is 10.8. The molecular weight excluding hydrogens is 437 g/mol. The number of halogens is 1. The van der Waals surface area contributed by atoms with Crippen LogP contribution in [0, 0.1) is 5.82 Å². The van der Waals surface area contributed by atoms with Crippen molar-refractivity contribution in [2.45, 2.75) is 19.9 Å². The van der Waals surface area contributed by atoms with Gasteiger partial charge in [0, 0.05) is 30.2 Å². The molecule has 0 saturated carbocycles. The smallest absolute Gasteiger partial charge is 0.247 e. The highest BCUT2D eigenvalue weighted by atomic mass is 19.1. The van der Waals surface area contributed by atoms with E-state index in [1.807, 2.05) is 43.0 Å². The standard InChI is InChI=1S/C25H28FN5O3/c1-5-23(32)28-18-7-6-8-19(15-18)29-24-22(26)16-27-25(30-24)31(17(2)3)20-9-11-21(12-10-20)34-14-13-33-4/h5-12,15-17H,1,13-14H2,2-4H3,(H,28,32)(H,27,29,30). The minimum atomic E-state index is -0.602. The van der Waals surface area contributed by atoms with Crippen LogP contribution in [0.3, 0.4) is 0 Å². The largest absolute Gasteiger partial charge is 0.491 e. The summed E-state index contributed by atoms with van der Waals surface area (Å²) in [5.74, 6) is 0.131. The topological polar surface area (TPSA) is 88.6 Å². The van der Waals surface area contributed by atoms with Gasteiger partial charge in [-0.2, -0.15) is 4.98 Å². The number of rotatable bonds is 11. The molecule has 0 aliphatic rings. The lowest BCUT2D eigenvalue weighted by Gasteiger charge is -2.27. The SMILES string of the molecule is C=CC(=O)Nc1cccc(Nc2nc(N(c3ccc(OCCOC)cc3)C(C)C)ncc2F)c1. The van der Waals surface area contributed by atoms with Gasteiger partial charge in [-0.3, -0.25) is 4.79 Å². The molecule has 1 heterocycles. The fourth-order valence-corrected chi connectivity index (χ4v) is 3.16. The number of carbonyl (C=O) groups excluding carboxylic acids is 1. The van der Waals surface area contributed by atoms with E-state index in [-0.39, 0.29) is 17.8 Å². The molecule has 0 bridgehead atoms. The van der Waals surface area contributed by atoms with Crippen molar-refractivity contribution >= 4 is 34.7 Å². The molecule has 0 atom stereocenters. The summed E-state index contributed by atoms with van der Waals surface area (Å²) in [4.78, 5) is 22.1. The lowest BCUT2D eigenvalue weighted by atomic mass is 10.2. The molecule has 1 amide bonds. The summed E-state index contributed by atoms with van der Waals surface area (Å²) in [5, 5.41) is 5.64. The minimum Gasteiger partial charge on any atom is -0.491 e. The fraction of sp³-hybridized carbons (Fsp3) is 0.240. The third-order valence-electron chi connectivity index (χ3n) is 4.71. The third-order valence-corrected chi connectivity index (χ3v) is 4.71. The number of nitrogens with one attached hydrogen (secondary N) is 2. The summed E-state index contributed by atoms with van der Waals surface area (Å²) in [7, 11) is 1.62. The Kier molecular flexibility index (Phi) is 8.53. The van der Waals surface area contributed by atoms with Crippen LogP contribution in [0.25, 0.3) is 0 Å². The Balaban J connectivity index is 1.83. The number of benzene rings is 2. The molecule has 9 heteroatoms. The number of aromatic nitrogens is 2. The number of hydrogen-bond donors (Lipinski definition) is 2. The van der Waals surface area contributed by atoms with Gasteiger partial charge in [0.05, 0.1) is 12.8 Å². The summed E-state index contributed by atoms with van der Waals surface area (Å²) >= 11 is 0. The highest BCUT2D eigenvalue weighted by Crippen LogP contribution is 2.29. The molecule has 0 radical (unpaired) electrons. The first kappa shape index (κ1) is 24.7. The van der Waals surface area contributed by atoms with Crippen LogP contribution in [-0.2, 0) is 9.53 Å². The van der Waals surface area contributed by atoms with Crippen molar-refractivity contribution in [2.24, 2.45) is 0 Å². The summed E-state index contributed by atoms with van der Waals surface area (Å²) in [6, 6.07) is 14.4. The second-order valence-electron chi connectivity index (χ2n) is 7.56. The van der Waals surface area contributed by atoms with Gasteiger partial charge in [-0.05, 0) is 62.4 Å². The van der Waals surface area contributed by atoms with Crippen LogP contribution in [0.15, 0.2) is 67.4 Å². The molecule has 1 aromatic heterocycles. The highest BCUT2D eigenvalue weighted by Gasteiger charge is 2.18. The van der Waals surface area contributed by atoms with Gasteiger partial charge in [0.1, 0.15) is 12.4 Å². The summed E-state index contributed by atoms with van der Waals surface area (Å²) in [6.07, 6.45) is 2.31. The molecule has 2 aromatic carbocycles. The van der Waals surface area contributed by atoms with Gasteiger partial charge in [0.25, 0.3) is 0 Å². The molecule has 0 aliphatic carbocycles. The Morgan fingerprint density at radius 1 is 1.18 bits per heavy atom. The quantitative estimate of drug-likeness (QED) is 0.302. The van der Waals surface area contributed by atoms with Crippen LogP contribution < -0.4 is 20.3 Å². The van der Waals surface area contributed by atoms with Gasteiger partial charge in [-0.15, -0.1) is 0 Å². The van der Waals surface area contributed by atoms with Crippen molar-refractivity contribution in [1.29, 1.82) is 0 Å². The van der Waals surface area contributed by atoms with E-state index in [1.165, 1.54) is 6.08 Å². The number of nitrogens with zero attached hydrogens (tertiary/aromatic N) is 3. The van der Waals surface area contributed by atoms with Crippen LogP contribution in [0.2, 0.25) is 0 Å². The maximum atomic E-state index is 14.6. The second kappa shape index (κ2) is 11.8. The Morgan fingerprint density at radius 2 is 1.91 bits per heavy atom. The predicted molar refractivity (Wildman–Crippen MR) is 132 cm³/mol. The molecule has 0 fully saturated rings. The van der Waals surface area contributed by atoms with E-state index in [0.717, 1.165) is 17.6 Å². The number of hydrogen-bond acceptors (Lipinski definition) is 7. The Labute approximate surface area is 198 Å². The average molecular weight is 466 g/mol. The maximum Gasteiger partial charge on any atom is 0.247 e. The number of carbonyl (C=O) groups is 1. The summed E-state index contributed by atoms with van der Waals surface area (Å²) < 4.78 is 25.2. The van der Waals surface area contributed by atoms with Gasteiger partial charge in [-0.25, -0.2) is 9.37 Å². The molecule has 3 aromatic rings. The molecule has 0 aliphatic heterocycles. The van der Waals surface area contributed by atoms with E-state index in [4.69, 9.17) is 9.47 Å². The van der Waals surface area contributed by atoms with Crippen molar-refractivity contribution in [3.8, 4) is 5.75 Å². The van der Waals surface area contributed by atoms with Crippen LogP contribution in [-0.4, -0.2) is 42.2 Å². The zero-order valence-corrected chi connectivity index (χ0v) is 19.4. The first-order valence-corrected chi connectivity index (χ1v) is 10.8. The van der Waals surface area contributed by atoms with Crippen molar-refractivity contribution < 1.29 is 18.7 Å². The molecule has 0 saturated heterocycles. The molecule has 0 spiro atoms. The van der Waals surface area contributed by atoms with E-state index in [9.17, 15) is 9.18 Å². The molecule has 178 valence electrons. The van der Waals surface area contributed by atoms with Crippen molar-refractivity contribution in [3.63, 3.8) is 0 Å². The van der Waals surface area contributed by atoms with Crippen LogP contribution >= 0.6 is 0 Å². The number of anilines is 5. The predicted octanol–water partition coefficient (Wildman–Crippen LogP) is 5.06. The lowest BCUT2D eigenvalue weighted by Crippen LogP contribution is -2.27. The van der Waals surface area contributed by atoms with E-state index in [0.29, 0.717) is 30.5 Å².